The number of benzene rings is 1. The lowest BCUT2D eigenvalue weighted by Crippen LogP contribution is -2.34. The van der Waals surface area contributed by atoms with Gasteiger partial charge in [-0.3, -0.25) is 4.79 Å². The molecule has 0 aliphatic heterocycles. The topological polar surface area (TPSA) is 46.3 Å². The monoisotopic (exact) mass is 260 g/mol. The minimum atomic E-state index is 0.294. The van der Waals surface area contributed by atoms with Crippen LogP contribution in [0.25, 0.3) is 0 Å². The first kappa shape index (κ1) is 14.1. The summed E-state index contributed by atoms with van der Waals surface area (Å²) in [5.74, 6) is 0.922. The Morgan fingerprint density at radius 1 is 1.26 bits per heavy atom. The number of hydrogen-bond donors (Lipinski definition) is 1. The van der Waals surface area contributed by atoms with Crippen molar-refractivity contribution in [2.24, 2.45) is 11.7 Å². The van der Waals surface area contributed by atoms with Gasteiger partial charge in [-0.2, -0.15) is 0 Å². The van der Waals surface area contributed by atoms with Crippen LogP contribution >= 0.6 is 0 Å². The maximum atomic E-state index is 12.3. The molecule has 3 heteroatoms. The Hall–Kier alpha value is -1.35. The molecule has 104 valence electrons. The van der Waals surface area contributed by atoms with Crippen LogP contribution < -0.4 is 5.73 Å². The number of nitrogens with zero attached hydrogens (tertiary/aromatic N) is 1. The molecule has 0 unspecified atom stereocenters. The molecule has 0 aromatic heterocycles. The van der Waals surface area contributed by atoms with Crippen molar-refractivity contribution in [3.05, 3.63) is 35.9 Å². The Labute approximate surface area is 115 Å². The highest BCUT2D eigenvalue weighted by molar-refractivity contribution is 5.76. The molecule has 1 aromatic rings. The zero-order valence-corrected chi connectivity index (χ0v) is 11.6. The Morgan fingerprint density at radius 3 is 2.58 bits per heavy atom. The largest absolute Gasteiger partial charge is 0.338 e. The fourth-order valence-electron chi connectivity index (χ4n) is 2.45. The van der Waals surface area contributed by atoms with Crippen LogP contribution in [-0.4, -0.2) is 23.9 Å². The minimum absolute atomic E-state index is 0.294. The molecule has 0 bridgehead atoms. The molecule has 1 aliphatic rings. The zero-order valence-electron chi connectivity index (χ0n) is 11.6. The summed E-state index contributed by atoms with van der Waals surface area (Å²) in [6.07, 6.45) is 5.34. The predicted octanol–water partition coefficient (Wildman–Crippen LogP) is 2.55. The maximum absolute atomic E-state index is 12.3. The summed E-state index contributed by atoms with van der Waals surface area (Å²) in [7, 11) is 0. The van der Waals surface area contributed by atoms with Crippen LogP contribution in [0.5, 0.6) is 0 Å². The van der Waals surface area contributed by atoms with E-state index in [1.165, 1.54) is 24.8 Å². The lowest BCUT2D eigenvalue weighted by atomic mass is 9.82. The first-order valence-electron chi connectivity index (χ1n) is 7.31. The van der Waals surface area contributed by atoms with E-state index in [4.69, 9.17) is 5.73 Å². The molecule has 3 nitrogen and oxygen atoms in total. The normalized spacial score (nSPS) is 15.0. The number of carbonyl (C=O) groups excluding carboxylic acids is 1. The van der Waals surface area contributed by atoms with Crippen molar-refractivity contribution in [3.63, 3.8) is 0 Å². The lowest BCUT2D eigenvalue weighted by Gasteiger charge is -2.29. The highest BCUT2D eigenvalue weighted by Crippen LogP contribution is 2.30. The summed E-state index contributed by atoms with van der Waals surface area (Å²) in [4.78, 5) is 14.3. The van der Waals surface area contributed by atoms with E-state index in [-0.39, 0.29) is 0 Å². The van der Waals surface area contributed by atoms with E-state index in [9.17, 15) is 4.79 Å². The number of rotatable bonds is 7. The van der Waals surface area contributed by atoms with Crippen molar-refractivity contribution in [1.29, 1.82) is 0 Å². The molecule has 0 atom stereocenters. The Bertz CT molecular complexity index is 387. The molecule has 1 saturated carbocycles. The van der Waals surface area contributed by atoms with Crippen LogP contribution in [0.1, 0.15) is 37.7 Å². The molecule has 1 aromatic carbocycles. The van der Waals surface area contributed by atoms with Gasteiger partial charge in [0.25, 0.3) is 0 Å². The van der Waals surface area contributed by atoms with E-state index >= 15 is 0 Å². The van der Waals surface area contributed by atoms with Gasteiger partial charge in [0.05, 0.1) is 0 Å². The summed E-state index contributed by atoms with van der Waals surface area (Å²) in [6.45, 7) is 2.13. The molecule has 2 rings (SSSR count). The van der Waals surface area contributed by atoms with Crippen LogP contribution in [0.15, 0.2) is 30.3 Å². The van der Waals surface area contributed by atoms with Crippen LogP contribution in [-0.2, 0) is 11.3 Å². The molecule has 0 saturated heterocycles. The first-order chi connectivity index (χ1) is 9.29. The number of carbonyl (C=O) groups is 1. The molecule has 1 fully saturated rings. The van der Waals surface area contributed by atoms with Crippen molar-refractivity contribution in [1.82, 2.24) is 4.90 Å². The summed E-state index contributed by atoms with van der Waals surface area (Å²) in [5.41, 5.74) is 6.77. The molecule has 1 aliphatic carbocycles. The Morgan fingerprint density at radius 2 is 2.00 bits per heavy atom. The lowest BCUT2D eigenvalue weighted by molar-refractivity contribution is -0.133. The fraction of sp³-hybridized carbons (Fsp3) is 0.562. The molecular weight excluding hydrogens is 236 g/mol. The highest BCUT2D eigenvalue weighted by atomic mass is 16.2. The SMILES string of the molecule is NCCCN(Cc1ccccc1)C(=O)CC1CCC1. The van der Waals surface area contributed by atoms with E-state index in [2.05, 4.69) is 12.1 Å². The molecular formula is C16H24N2O. The fourth-order valence-corrected chi connectivity index (χ4v) is 2.45. The van der Waals surface area contributed by atoms with E-state index in [0.29, 0.717) is 24.9 Å². The molecule has 1 amide bonds. The van der Waals surface area contributed by atoms with E-state index in [0.717, 1.165) is 19.4 Å². The van der Waals surface area contributed by atoms with Crippen molar-refractivity contribution in [3.8, 4) is 0 Å². The molecule has 2 N–H and O–H groups in total. The van der Waals surface area contributed by atoms with Crippen molar-refractivity contribution in [2.75, 3.05) is 13.1 Å². The highest BCUT2D eigenvalue weighted by Gasteiger charge is 2.23. The van der Waals surface area contributed by atoms with Gasteiger partial charge >= 0.3 is 0 Å². The van der Waals surface area contributed by atoms with Gasteiger partial charge in [0.2, 0.25) is 5.91 Å². The van der Waals surface area contributed by atoms with Crippen LogP contribution in [0.2, 0.25) is 0 Å². The summed E-state index contributed by atoms with van der Waals surface area (Å²) < 4.78 is 0. The third-order valence-electron chi connectivity index (χ3n) is 3.89. The Kier molecular flexibility index (Phi) is 5.40. The van der Waals surface area contributed by atoms with E-state index in [1.807, 2.05) is 23.1 Å². The zero-order chi connectivity index (χ0) is 13.5. The van der Waals surface area contributed by atoms with Crippen LogP contribution in [0, 0.1) is 5.92 Å². The second-order valence-corrected chi connectivity index (χ2v) is 5.44. The van der Waals surface area contributed by atoms with Gasteiger partial charge in [-0.1, -0.05) is 36.8 Å². The van der Waals surface area contributed by atoms with Gasteiger partial charge in [-0.15, -0.1) is 0 Å². The summed E-state index contributed by atoms with van der Waals surface area (Å²) in [5, 5.41) is 0. The van der Waals surface area contributed by atoms with Gasteiger partial charge in [0.1, 0.15) is 0 Å². The van der Waals surface area contributed by atoms with Crippen LogP contribution in [0.3, 0.4) is 0 Å². The standard InChI is InChI=1S/C16H24N2O/c17-10-5-11-18(13-15-6-2-1-3-7-15)16(19)12-14-8-4-9-14/h1-3,6-7,14H,4-5,8-13,17H2. The smallest absolute Gasteiger partial charge is 0.223 e. The third-order valence-corrected chi connectivity index (χ3v) is 3.89. The van der Waals surface area contributed by atoms with Gasteiger partial charge in [-0.05, 0) is 37.3 Å². The minimum Gasteiger partial charge on any atom is -0.338 e. The van der Waals surface area contributed by atoms with Gasteiger partial charge < -0.3 is 10.6 Å². The van der Waals surface area contributed by atoms with E-state index < -0.39 is 0 Å². The predicted molar refractivity (Wildman–Crippen MR) is 77.5 cm³/mol. The van der Waals surface area contributed by atoms with Gasteiger partial charge in [-0.25, -0.2) is 0 Å². The number of nitrogens with two attached hydrogens (primary N) is 1. The second-order valence-electron chi connectivity index (χ2n) is 5.44. The second kappa shape index (κ2) is 7.29. The van der Waals surface area contributed by atoms with Gasteiger partial charge in [0, 0.05) is 19.5 Å². The molecule has 0 radical (unpaired) electrons. The molecule has 19 heavy (non-hydrogen) atoms. The average Bonchev–Trinajstić information content (AvgIpc) is 2.39. The Balaban J connectivity index is 1.91. The van der Waals surface area contributed by atoms with E-state index in [1.54, 1.807) is 0 Å². The third kappa shape index (κ3) is 4.35. The van der Waals surface area contributed by atoms with Gasteiger partial charge in [0.15, 0.2) is 0 Å². The average molecular weight is 260 g/mol. The quantitative estimate of drug-likeness (QED) is 0.819. The number of hydrogen-bond acceptors (Lipinski definition) is 2. The summed E-state index contributed by atoms with van der Waals surface area (Å²) in [6, 6.07) is 10.2. The molecule has 0 spiro atoms. The van der Waals surface area contributed by atoms with Crippen LogP contribution in [0.4, 0.5) is 0 Å². The first-order valence-corrected chi connectivity index (χ1v) is 7.31. The van der Waals surface area contributed by atoms with Crippen molar-refractivity contribution < 1.29 is 4.79 Å². The maximum Gasteiger partial charge on any atom is 0.223 e. The number of amides is 1. The molecule has 0 heterocycles. The summed E-state index contributed by atoms with van der Waals surface area (Å²) >= 11 is 0. The van der Waals surface area contributed by atoms with Crippen molar-refractivity contribution in [2.45, 2.75) is 38.6 Å². The van der Waals surface area contributed by atoms with Crippen molar-refractivity contribution >= 4 is 5.91 Å².